The second-order valence-corrected chi connectivity index (χ2v) is 38.7. The van der Waals surface area contributed by atoms with Crippen molar-refractivity contribution in [2.75, 3.05) is 33.0 Å². The van der Waals surface area contributed by atoms with Gasteiger partial charge in [-0.25, -0.2) is 18.9 Å². The van der Waals surface area contributed by atoms with E-state index < -0.39 is 304 Å². The molecule has 0 bridgehead atoms. The molecule has 0 radical (unpaired) electrons. The van der Waals surface area contributed by atoms with E-state index >= 15 is 0 Å². The van der Waals surface area contributed by atoms with Crippen molar-refractivity contribution in [1.82, 2.24) is 10.6 Å². The first-order valence-electron chi connectivity index (χ1n) is 49.8. The monoisotopic (exact) mass is 1990 g/mol. The fraction of sp³-hybridized carbons (Fsp3) is 0.924. The highest BCUT2D eigenvalue weighted by atomic mass is 31.2. The van der Waals surface area contributed by atoms with Gasteiger partial charge in [-0.15, -0.1) is 0 Å². The zero-order valence-electron chi connectivity index (χ0n) is 79.8. The molecule has 5 aliphatic heterocycles. The number of carboxylic acids is 3. The summed E-state index contributed by atoms with van der Waals surface area (Å²) >= 11 is 0. The fourth-order valence-corrected chi connectivity index (χ4v) is 18.5. The fourth-order valence-electron chi connectivity index (χ4n) is 17.9. The minimum atomic E-state index is -6.12. The van der Waals surface area contributed by atoms with Crippen LogP contribution in [0, 0.1) is 0 Å². The molecule has 794 valence electrons. The van der Waals surface area contributed by atoms with Crippen molar-refractivity contribution in [2.24, 2.45) is 0 Å². The second kappa shape index (κ2) is 64.2. The van der Waals surface area contributed by atoms with Crippen LogP contribution in [-0.4, -0.2) is 358 Å². The topological polar surface area (TPSA) is 696 Å². The number of ether oxygens (including phenoxy) is 11. The van der Waals surface area contributed by atoms with Crippen LogP contribution >= 0.6 is 7.82 Å². The molecule has 0 aromatic carbocycles. The lowest BCUT2D eigenvalue weighted by Gasteiger charge is -2.50. The summed E-state index contributed by atoms with van der Waals surface area (Å²) in [6.45, 7) is 1.68. The summed E-state index contributed by atoms with van der Waals surface area (Å²) < 4.78 is 83.9. The van der Waals surface area contributed by atoms with E-state index in [0.717, 1.165) is 193 Å². The van der Waals surface area contributed by atoms with Crippen LogP contribution in [0.25, 0.3) is 0 Å². The largest absolute Gasteiger partial charge is 0.477 e. The maximum absolute atomic E-state index is 14.7. The van der Waals surface area contributed by atoms with Gasteiger partial charge in [0.25, 0.3) is 17.4 Å². The Hall–Kier alpha value is -4.60. The number of hydrogen-bond acceptors (Lipinski definition) is 36. The number of carbonyl (C=O) groups excluding carboxylic acids is 4. The molecule has 0 aromatic rings. The van der Waals surface area contributed by atoms with Gasteiger partial charge in [-0.3, -0.25) is 23.7 Å². The van der Waals surface area contributed by atoms with Crippen molar-refractivity contribution >= 4 is 49.5 Å². The molecule has 43 nitrogen and oxygen atoms in total. The number of hydrogen-bond donors (Lipinski definition) is 23. The molecule has 5 aliphatic rings. The summed E-state index contributed by atoms with van der Waals surface area (Å²) in [5.41, 5.74) is 0. The third-order valence-electron chi connectivity index (χ3n) is 25.8. The number of phosphoric acid groups is 1. The molecule has 23 N–H and O–H groups in total. The summed E-state index contributed by atoms with van der Waals surface area (Å²) in [5.74, 6) is -21.5. The van der Waals surface area contributed by atoms with Gasteiger partial charge in [-0.05, 0) is 25.7 Å². The van der Waals surface area contributed by atoms with Crippen molar-refractivity contribution in [1.29, 1.82) is 0 Å². The van der Waals surface area contributed by atoms with Crippen LogP contribution in [0.5, 0.6) is 0 Å². The molecule has 44 heteroatoms. The summed E-state index contributed by atoms with van der Waals surface area (Å²) in [7, 11) is -6.12. The minimum Gasteiger partial charge on any atom is -0.477 e. The van der Waals surface area contributed by atoms with Crippen molar-refractivity contribution in [3.63, 3.8) is 0 Å². The number of carbonyl (C=O) groups is 7. The van der Waals surface area contributed by atoms with E-state index in [1.165, 1.54) is 0 Å². The van der Waals surface area contributed by atoms with Gasteiger partial charge >= 0.3 is 37.7 Å². The Morgan fingerprint density at radius 3 is 1.12 bits per heavy atom. The van der Waals surface area contributed by atoms with Gasteiger partial charge in [0.05, 0.1) is 101 Å². The van der Waals surface area contributed by atoms with Crippen LogP contribution in [0.15, 0.2) is 0 Å². The number of unbranched alkanes of at least 4 members (excludes halogenated alkanes) is 32. The molecule has 0 aliphatic carbocycles. The SMILES string of the molecule is CCCCCCCCCCC[C@@H](O)CC(=O)N[C@@H]1[C@@H](OC(=O)C[C@H](O)CCCCCCCCCCC)[C@H](O)[C@@H](CO[C@@H]2O[C@H](CO[C@]3(C(=O)O)C[C@@H](O[C@]4(C(=O)O)C[C@@H](O)[C@@H](O)[C@@H]([C@H](O)CO[C@]5(C(=O)O)C[C@@H](O)[C@@H](O)[C@@H]([C@H](O)CO)O5)O4)[C@@H](O)[C@@H]([C@H](O)CO)O3)[C@@H](OP(=O)(O)O)[C@H](OC(=O)C[C@H](O)CCCCCCCCCCC)[C@H]2NC(=O)C[C@H](O)CCCCCCCCCCC)O[C@@H]1O. The second-order valence-electron chi connectivity index (χ2n) is 37.5. The molecule has 0 aromatic heterocycles. The smallest absolute Gasteiger partial charge is 0.470 e. The van der Waals surface area contributed by atoms with E-state index in [-0.39, 0.29) is 25.7 Å². The maximum atomic E-state index is 14.7. The summed E-state index contributed by atoms with van der Waals surface area (Å²) in [6, 6.07) is -4.06. The van der Waals surface area contributed by atoms with Crippen LogP contribution in [0.1, 0.15) is 329 Å². The Labute approximate surface area is 797 Å². The third-order valence-corrected chi connectivity index (χ3v) is 26.3. The number of aliphatic carboxylic acids is 3. The Morgan fingerprint density at radius 1 is 0.390 bits per heavy atom. The zero-order chi connectivity index (χ0) is 101. The number of rotatable bonds is 73. The average Bonchev–Trinajstić information content (AvgIpc) is 0.745. The number of carboxylic acid groups (broad SMARTS) is 3. The number of phosphoric ester groups is 1. The lowest BCUT2D eigenvalue weighted by molar-refractivity contribution is -0.380. The molecule has 5 heterocycles. The number of esters is 2. The van der Waals surface area contributed by atoms with Gasteiger partial charge in [-0.1, -0.05) is 259 Å². The lowest BCUT2D eigenvalue weighted by Crippen LogP contribution is -2.69. The van der Waals surface area contributed by atoms with Crippen LogP contribution in [0.4, 0.5) is 0 Å². The van der Waals surface area contributed by atoms with Crippen molar-refractivity contribution < 1.29 is 202 Å². The summed E-state index contributed by atoms with van der Waals surface area (Å²) in [4.78, 5) is 120. The van der Waals surface area contributed by atoms with Crippen LogP contribution < -0.4 is 10.6 Å². The van der Waals surface area contributed by atoms with Crippen molar-refractivity contribution in [3.05, 3.63) is 0 Å². The highest BCUT2D eigenvalue weighted by Crippen LogP contribution is 2.46. The van der Waals surface area contributed by atoms with E-state index in [0.29, 0.717) is 38.5 Å². The highest BCUT2D eigenvalue weighted by molar-refractivity contribution is 7.46. The molecule has 5 fully saturated rings. The Balaban J connectivity index is 1.62. The predicted molar refractivity (Wildman–Crippen MR) is 480 cm³/mol. The summed E-state index contributed by atoms with van der Waals surface area (Å²) in [5, 5.41) is 217. The first-order valence-corrected chi connectivity index (χ1v) is 51.3. The van der Waals surface area contributed by atoms with E-state index in [2.05, 4.69) is 38.3 Å². The quantitative estimate of drug-likeness (QED) is 0.0234. The molecule has 0 unspecified atom stereocenters. The molecule has 0 spiro atoms. The standard InChI is InChI=1S/C92H165N2O41P/c1-5-9-13-17-21-25-29-33-37-41-57(97)45-69(106)93-73-83(129-71(108)47-59(99)43-39-35-31-27-23-19-15-11-7-3)78(113)67(127-85(73)114)55-124-86-74(94-70(107)46-58(98)42-38-34-30-26-22-18-14-10-6-2)84(130-72(109)48-60(100)44-40-36-32-28-24-20-16-12-8-4)82(135-136(121,122)123)68(128-86)56-126-91(88(117)118)51-66(77(112)80(133-91)64(104)53-96)131-92(89(119)120)50-62(102)76(111)81(134-92)65(105)54-125-90(87(115)116)49-61(101)75(110)79(132-90)63(103)52-95/h57-68,73-86,95-105,110-114H,5-56H2,1-4H3,(H,93,106)(H,94,107)(H,115,116)(H,117,118)(H,119,120)(H2,121,122,123)/t57-,58-,59-,60-,61-,62-,63-,64-,65-,66-,67-,68-,73-,74-,75-,76-,77-,78-,79-,80-,81-,82-,83-,84-,85+,86-,90-,91-,92-/m1/s1. The van der Waals surface area contributed by atoms with Crippen molar-refractivity contribution in [2.45, 2.75) is 506 Å². The van der Waals surface area contributed by atoms with E-state index in [4.69, 9.17) is 56.6 Å². The molecular weight excluding hydrogens is 1820 g/mol. The number of aliphatic hydroxyl groups is 16. The Kier molecular flexibility index (Phi) is 57.5. The minimum absolute atomic E-state index is 0.00838. The Bertz CT molecular complexity index is 3420. The predicted octanol–water partition coefficient (Wildman–Crippen LogP) is 3.76. The van der Waals surface area contributed by atoms with Crippen LogP contribution in [-0.2, 0) is 94.8 Å². The summed E-state index contributed by atoms with van der Waals surface area (Å²) in [6.07, 6.45) is -25.7. The highest BCUT2D eigenvalue weighted by Gasteiger charge is 2.64. The first kappa shape index (κ1) is 122. The van der Waals surface area contributed by atoms with Gasteiger partial charge in [0.2, 0.25) is 11.8 Å². The Morgan fingerprint density at radius 2 is 0.735 bits per heavy atom. The van der Waals surface area contributed by atoms with Gasteiger partial charge in [0.1, 0.15) is 91.4 Å². The molecule has 29 atom stereocenters. The maximum Gasteiger partial charge on any atom is 0.470 e. The normalized spacial score (nSPS) is 30.4. The molecule has 5 rings (SSSR count). The zero-order valence-corrected chi connectivity index (χ0v) is 80.7. The average molecular weight is 1990 g/mol. The van der Waals surface area contributed by atoms with Gasteiger partial charge in [-0.2, -0.15) is 0 Å². The molecule has 5 saturated heterocycles. The lowest BCUT2D eigenvalue weighted by atomic mass is 9.89. The van der Waals surface area contributed by atoms with Gasteiger partial charge in [0, 0.05) is 19.3 Å². The number of amides is 2. The molecule has 2 amide bonds. The van der Waals surface area contributed by atoms with Gasteiger partial charge in [0.15, 0.2) is 24.8 Å². The molecule has 0 saturated carbocycles. The third kappa shape index (κ3) is 41.6. The van der Waals surface area contributed by atoms with Crippen LogP contribution in [0.3, 0.4) is 0 Å². The van der Waals surface area contributed by atoms with E-state index in [1.54, 1.807) is 0 Å². The number of aliphatic hydroxyl groups excluding tert-OH is 16. The number of nitrogens with one attached hydrogen (secondary N) is 2. The molecule has 136 heavy (non-hydrogen) atoms. The molecular formula is C92H165N2O41P. The van der Waals surface area contributed by atoms with Crippen LogP contribution in [0.2, 0.25) is 0 Å². The van der Waals surface area contributed by atoms with Gasteiger partial charge < -0.3 is 170 Å². The van der Waals surface area contributed by atoms with E-state index in [9.17, 15) is 145 Å². The van der Waals surface area contributed by atoms with E-state index in [1.807, 2.05) is 0 Å². The van der Waals surface area contributed by atoms with Crippen molar-refractivity contribution in [3.8, 4) is 0 Å². The first-order chi connectivity index (χ1) is 64.7.